The van der Waals surface area contributed by atoms with E-state index in [1.165, 1.54) is 5.69 Å². The van der Waals surface area contributed by atoms with Crippen LogP contribution in [0.3, 0.4) is 0 Å². The van der Waals surface area contributed by atoms with Crippen molar-refractivity contribution in [2.75, 3.05) is 6.54 Å². The molecule has 1 aliphatic heterocycles. The number of aromatic nitrogens is 2. The zero-order chi connectivity index (χ0) is 8.55. The maximum Gasteiger partial charge on any atom is 0.202 e. The second-order valence-corrected chi connectivity index (χ2v) is 3.60. The van der Waals surface area contributed by atoms with E-state index < -0.39 is 0 Å². The van der Waals surface area contributed by atoms with Crippen LogP contribution in [0.4, 0.5) is 0 Å². The van der Waals surface area contributed by atoms with E-state index in [4.69, 9.17) is 17.3 Å². The van der Waals surface area contributed by atoms with Gasteiger partial charge in [-0.05, 0) is 36.9 Å². The summed E-state index contributed by atoms with van der Waals surface area (Å²) in [6.07, 6.45) is 4.00. The number of rotatable bonds is 1. The first kappa shape index (κ1) is 8.08. The number of nitrogens with two attached hydrogens (primary N) is 1. The van der Waals surface area contributed by atoms with Gasteiger partial charge in [0.25, 0.3) is 0 Å². The van der Waals surface area contributed by atoms with Gasteiger partial charge in [0.05, 0.1) is 0 Å². The molecule has 0 radical (unpaired) electrons. The van der Waals surface area contributed by atoms with E-state index in [1.54, 1.807) is 0 Å². The smallest absolute Gasteiger partial charge is 0.202 e. The number of halogens is 1. The van der Waals surface area contributed by atoms with Crippen LogP contribution in [-0.2, 0) is 13.0 Å². The predicted octanol–water partition coefficient (Wildman–Crippen LogP) is 1.06. The molecule has 0 spiro atoms. The van der Waals surface area contributed by atoms with E-state index in [-0.39, 0.29) is 0 Å². The lowest BCUT2D eigenvalue weighted by Gasteiger charge is -2.22. The summed E-state index contributed by atoms with van der Waals surface area (Å²) in [4.78, 5) is 4.05. The van der Waals surface area contributed by atoms with Gasteiger partial charge in [0.2, 0.25) is 5.28 Å². The quantitative estimate of drug-likeness (QED) is 0.711. The SMILES string of the molecule is NCC1CCn2c(cnc2Cl)C1. The van der Waals surface area contributed by atoms with Gasteiger partial charge in [0.15, 0.2) is 0 Å². The van der Waals surface area contributed by atoms with E-state index in [1.807, 2.05) is 6.20 Å². The van der Waals surface area contributed by atoms with Crippen LogP contribution in [0.25, 0.3) is 0 Å². The molecule has 2 rings (SSSR count). The van der Waals surface area contributed by atoms with Crippen molar-refractivity contribution < 1.29 is 0 Å². The first-order valence-corrected chi connectivity index (χ1v) is 4.59. The molecule has 0 fully saturated rings. The molecular formula is C8H12ClN3. The van der Waals surface area contributed by atoms with Gasteiger partial charge in [-0.3, -0.25) is 0 Å². The minimum absolute atomic E-state index is 0.612. The summed E-state index contributed by atoms with van der Waals surface area (Å²) in [5.41, 5.74) is 6.83. The average molecular weight is 186 g/mol. The third-order valence-corrected chi connectivity index (χ3v) is 2.78. The average Bonchev–Trinajstić information content (AvgIpc) is 2.47. The van der Waals surface area contributed by atoms with E-state index in [0.29, 0.717) is 11.2 Å². The topological polar surface area (TPSA) is 43.8 Å². The summed E-state index contributed by atoms with van der Waals surface area (Å²) in [5, 5.41) is 0.612. The molecule has 2 heterocycles. The summed E-state index contributed by atoms with van der Waals surface area (Å²) < 4.78 is 2.06. The van der Waals surface area contributed by atoms with Gasteiger partial charge in [-0.2, -0.15) is 0 Å². The molecule has 3 nitrogen and oxygen atoms in total. The van der Waals surface area contributed by atoms with E-state index in [2.05, 4.69) is 9.55 Å². The minimum atomic E-state index is 0.612. The highest BCUT2D eigenvalue weighted by Crippen LogP contribution is 2.22. The number of nitrogens with zero attached hydrogens (tertiary/aromatic N) is 2. The van der Waals surface area contributed by atoms with Crippen molar-refractivity contribution in [3.63, 3.8) is 0 Å². The van der Waals surface area contributed by atoms with Gasteiger partial charge in [0.1, 0.15) is 0 Å². The predicted molar refractivity (Wildman–Crippen MR) is 48.1 cm³/mol. The Bertz CT molecular complexity index is 282. The third-order valence-electron chi connectivity index (χ3n) is 2.48. The van der Waals surface area contributed by atoms with Crippen LogP contribution in [-0.4, -0.2) is 16.1 Å². The van der Waals surface area contributed by atoms with Crippen LogP contribution in [0.1, 0.15) is 12.1 Å². The Morgan fingerprint density at radius 3 is 3.33 bits per heavy atom. The van der Waals surface area contributed by atoms with Crippen LogP contribution in [0.2, 0.25) is 5.28 Å². The molecule has 1 aliphatic rings. The van der Waals surface area contributed by atoms with Crippen molar-refractivity contribution in [1.82, 2.24) is 9.55 Å². The van der Waals surface area contributed by atoms with Crippen LogP contribution < -0.4 is 5.73 Å². The van der Waals surface area contributed by atoms with Gasteiger partial charge in [0, 0.05) is 18.4 Å². The normalized spacial score (nSPS) is 22.3. The second kappa shape index (κ2) is 3.07. The molecule has 2 N–H and O–H groups in total. The number of imidazole rings is 1. The molecule has 12 heavy (non-hydrogen) atoms. The van der Waals surface area contributed by atoms with Crippen molar-refractivity contribution in [1.29, 1.82) is 0 Å². The first-order chi connectivity index (χ1) is 5.81. The lowest BCUT2D eigenvalue weighted by molar-refractivity contribution is 0.396. The van der Waals surface area contributed by atoms with Crippen molar-refractivity contribution >= 4 is 11.6 Å². The fourth-order valence-corrected chi connectivity index (χ4v) is 1.94. The molecule has 0 saturated heterocycles. The highest BCUT2D eigenvalue weighted by Gasteiger charge is 2.19. The van der Waals surface area contributed by atoms with Crippen LogP contribution in [0.5, 0.6) is 0 Å². The minimum Gasteiger partial charge on any atom is -0.330 e. The number of fused-ring (bicyclic) bond motifs is 1. The molecule has 0 saturated carbocycles. The van der Waals surface area contributed by atoms with E-state index in [0.717, 1.165) is 25.9 Å². The van der Waals surface area contributed by atoms with Crippen molar-refractivity contribution in [3.8, 4) is 0 Å². The first-order valence-electron chi connectivity index (χ1n) is 4.21. The molecule has 66 valence electrons. The van der Waals surface area contributed by atoms with E-state index in [9.17, 15) is 0 Å². The third kappa shape index (κ3) is 1.23. The lowest BCUT2D eigenvalue weighted by Crippen LogP contribution is -2.24. The molecule has 0 aromatic carbocycles. The van der Waals surface area contributed by atoms with Crippen molar-refractivity contribution in [2.45, 2.75) is 19.4 Å². The van der Waals surface area contributed by atoms with Gasteiger partial charge in [-0.25, -0.2) is 4.98 Å². The largest absolute Gasteiger partial charge is 0.330 e. The second-order valence-electron chi connectivity index (χ2n) is 3.26. The van der Waals surface area contributed by atoms with Crippen molar-refractivity contribution in [3.05, 3.63) is 17.2 Å². The zero-order valence-electron chi connectivity index (χ0n) is 6.83. The van der Waals surface area contributed by atoms with Gasteiger partial charge in [-0.15, -0.1) is 0 Å². The molecule has 0 bridgehead atoms. The molecule has 1 atom stereocenters. The molecule has 4 heteroatoms. The van der Waals surface area contributed by atoms with Crippen LogP contribution in [0, 0.1) is 5.92 Å². The Morgan fingerprint density at radius 1 is 1.75 bits per heavy atom. The standard InChI is InChI=1S/C8H12ClN3/c9-8-11-5-7-3-6(4-10)1-2-12(7)8/h5-6H,1-4,10H2. The fourth-order valence-electron chi connectivity index (χ4n) is 1.70. The van der Waals surface area contributed by atoms with Crippen LogP contribution in [0.15, 0.2) is 6.20 Å². The highest BCUT2D eigenvalue weighted by atomic mass is 35.5. The fraction of sp³-hybridized carbons (Fsp3) is 0.625. The zero-order valence-corrected chi connectivity index (χ0v) is 7.59. The maximum absolute atomic E-state index is 5.87. The molecule has 0 amide bonds. The molecule has 0 aliphatic carbocycles. The molecule has 1 unspecified atom stereocenters. The Morgan fingerprint density at radius 2 is 2.58 bits per heavy atom. The van der Waals surface area contributed by atoms with Crippen LogP contribution >= 0.6 is 11.6 Å². The van der Waals surface area contributed by atoms with Crippen molar-refractivity contribution in [2.24, 2.45) is 11.7 Å². The molecular weight excluding hydrogens is 174 g/mol. The Balaban J connectivity index is 2.24. The van der Waals surface area contributed by atoms with Gasteiger partial charge in [-0.1, -0.05) is 0 Å². The van der Waals surface area contributed by atoms with E-state index >= 15 is 0 Å². The number of hydrogen-bond donors (Lipinski definition) is 1. The lowest BCUT2D eigenvalue weighted by atomic mass is 9.97. The monoisotopic (exact) mass is 185 g/mol. The highest BCUT2D eigenvalue weighted by molar-refractivity contribution is 6.28. The molecule has 1 aromatic heterocycles. The van der Waals surface area contributed by atoms with Gasteiger partial charge < -0.3 is 10.3 Å². The Kier molecular flexibility index (Phi) is 2.07. The summed E-state index contributed by atoms with van der Waals surface area (Å²) >= 11 is 5.87. The maximum atomic E-state index is 5.87. The Labute approximate surface area is 76.5 Å². The summed E-state index contributed by atoms with van der Waals surface area (Å²) in [6, 6.07) is 0. The summed E-state index contributed by atoms with van der Waals surface area (Å²) in [6.45, 7) is 1.73. The number of hydrogen-bond acceptors (Lipinski definition) is 2. The summed E-state index contributed by atoms with van der Waals surface area (Å²) in [5.74, 6) is 0.616. The Hall–Kier alpha value is -0.540. The summed E-state index contributed by atoms with van der Waals surface area (Å²) in [7, 11) is 0. The molecule has 1 aromatic rings. The van der Waals surface area contributed by atoms with Gasteiger partial charge >= 0.3 is 0 Å².